The number of nitrogens with two attached hydrogens (primary N) is 1. The Labute approximate surface area is 124 Å². The van der Waals surface area contributed by atoms with Crippen molar-refractivity contribution in [1.29, 1.82) is 0 Å². The molecule has 110 valence electrons. The van der Waals surface area contributed by atoms with E-state index in [9.17, 15) is 9.90 Å². The largest absolute Gasteiger partial charge is 0.506 e. The Hall–Kier alpha value is -2.49. The first kappa shape index (κ1) is 14.9. The summed E-state index contributed by atoms with van der Waals surface area (Å²) in [6.07, 6.45) is 0. The van der Waals surface area contributed by atoms with Gasteiger partial charge >= 0.3 is 0 Å². The van der Waals surface area contributed by atoms with Crippen LogP contribution >= 0.6 is 0 Å². The van der Waals surface area contributed by atoms with Gasteiger partial charge in [0, 0.05) is 11.3 Å². The lowest BCUT2D eigenvalue weighted by Gasteiger charge is -2.19. The predicted molar refractivity (Wildman–Crippen MR) is 85.6 cm³/mol. The van der Waals surface area contributed by atoms with E-state index in [2.05, 4.69) is 26.1 Å². The van der Waals surface area contributed by atoms with Crippen LogP contribution in [0.5, 0.6) is 5.75 Å². The minimum atomic E-state index is -0.208. The summed E-state index contributed by atoms with van der Waals surface area (Å²) in [5, 5.41) is 12.1. The fourth-order valence-electron chi connectivity index (χ4n) is 1.96. The van der Waals surface area contributed by atoms with E-state index < -0.39 is 0 Å². The van der Waals surface area contributed by atoms with Crippen LogP contribution in [0.4, 0.5) is 11.4 Å². The molecule has 0 unspecified atom stereocenters. The maximum Gasteiger partial charge on any atom is 0.255 e. The molecule has 4 N–H and O–H groups in total. The number of carbonyl (C=O) groups excluding carboxylic acids is 1. The van der Waals surface area contributed by atoms with Gasteiger partial charge in [0.2, 0.25) is 0 Å². The molecule has 4 nitrogen and oxygen atoms in total. The van der Waals surface area contributed by atoms with E-state index in [0.29, 0.717) is 11.3 Å². The molecule has 2 aromatic carbocycles. The molecule has 2 aromatic rings. The van der Waals surface area contributed by atoms with Crippen LogP contribution in [0.2, 0.25) is 0 Å². The third-order valence-corrected chi connectivity index (χ3v) is 3.30. The Balaban J connectivity index is 2.15. The summed E-state index contributed by atoms with van der Waals surface area (Å²) < 4.78 is 0. The summed E-state index contributed by atoms with van der Waals surface area (Å²) >= 11 is 0. The summed E-state index contributed by atoms with van der Waals surface area (Å²) in [5.74, 6) is -0.205. The van der Waals surface area contributed by atoms with Crippen molar-refractivity contribution in [3.05, 3.63) is 53.6 Å². The smallest absolute Gasteiger partial charge is 0.255 e. The quantitative estimate of drug-likeness (QED) is 0.448. The molecule has 0 saturated carbocycles. The molecule has 0 aliphatic rings. The van der Waals surface area contributed by atoms with Crippen LogP contribution in [0.3, 0.4) is 0 Å². The molecule has 0 aliphatic carbocycles. The molecule has 0 spiro atoms. The van der Waals surface area contributed by atoms with Gasteiger partial charge in [-0.15, -0.1) is 0 Å². The van der Waals surface area contributed by atoms with Gasteiger partial charge in [-0.1, -0.05) is 32.9 Å². The van der Waals surface area contributed by atoms with E-state index in [1.165, 1.54) is 17.7 Å². The number of nitrogen functional groups attached to an aromatic ring is 1. The Morgan fingerprint density at radius 2 is 1.71 bits per heavy atom. The third kappa shape index (κ3) is 3.54. The zero-order valence-electron chi connectivity index (χ0n) is 12.5. The maximum atomic E-state index is 12.2. The molecule has 0 aliphatic heterocycles. The summed E-state index contributed by atoms with van der Waals surface area (Å²) in [4.78, 5) is 12.2. The van der Waals surface area contributed by atoms with E-state index in [1.807, 2.05) is 12.1 Å². The van der Waals surface area contributed by atoms with Gasteiger partial charge in [-0.25, -0.2) is 0 Å². The van der Waals surface area contributed by atoms with E-state index in [4.69, 9.17) is 5.73 Å². The lowest BCUT2D eigenvalue weighted by atomic mass is 9.87. The molecule has 0 heterocycles. The van der Waals surface area contributed by atoms with Crippen LogP contribution in [0.1, 0.15) is 36.7 Å². The van der Waals surface area contributed by atoms with Gasteiger partial charge in [0.25, 0.3) is 5.91 Å². The van der Waals surface area contributed by atoms with Crippen LogP contribution in [0, 0.1) is 0 Å². The standard InChI is InChI=1S/C17H20N2O2/c1-17(2,3)12-6-4-11(5-7-12)16(21)19-13-8-9-15(20)14(18)10-13/h4-10,20H,18H2,1-3H3,(H,19,21). The summed E-state index contributed by atoms with van der Waals surface area (Å²) in [6, 6.07) is 12.1. The SMILES string of the molecule is CC(C)(C)c1ccc(C(=O)Nc2ccc(O)c(N)c2)cc1. The van der Waals surface area contributed by atoms with E-state index >= 15 is 0 Å². The minimum absolute atomic E-state index is 0.00234. The molecule has 0 saturated heterocycles. The van der Waals surface area contributed by atoms with Crippen molar-refractivity contribution < 1.29 is 9.90 Å². The number of hydrogen-bond acceptors (Lipinski definition) is 3. The first-order valence-corrected chi connectivity index (χ1v) is 6.78. The number of phenolic OH excluding ortho intramolecular Hbond substituents is 1. The van der Waals surface area contributed by atoms with Gasteiger partial charge < -0.3 is 16.2 Å². The Bertz CT molecular complexity index is 655. The van der Waals surface area contributed by atoms with Crippen molar-refractivity contribution in [2.45, 2.75) is 26.2 Å². The Morgan fingerprint density at radius 3 is 2.24 bits per heavy atom. The van der Waals surface area contributed by atoms with Crippen molar-refractivity contribution >= 4 is 17.3 Å². The summed E-state index contributed by atoms with van der Waals surface area (Å²) in [7, 11) is 0. The van der Waals surface area contributed by atoms with Crippen LogP contribution in [-0.4, -0.2) is 11.0 Å². The van der Waals surface area contributed by atoms with Gasteiger partial charge in [0.05, 0.1) is 5.69 Å². The van der Waals surface area contributed by atoms with Crippen LogP contribution < -0.4 is 11.1 Å². The fourth-order valence-corrected chi connectivity index (χ4v) is 1.96. The molecular formula is C17H20N2O2. The Morgan fingerprint density at radius 1 is 1.10 bits per heavy atom. The normalized spacial score (nSPS) is 11.2. The first-order chi connectivity index (χ1) is 9.77. The van der Waals surface area contributed by atoms with Crippen molar-refractivity contribution in [3.63, 3.8) is 0 Å². The van der Waals surface area contributed by atoms with Crippen molar-refractivity contribution in [2.24, 2.45) is 0 Å². The maximum absolute atomic E-state index is 12.2. The van der Waals surface area contributed by atoms with E-state index in [0.717, 1.165) is 0 Å². The predicted octanol–water partition coefficient (Wildman–Crippen LogP) is 3.52. The van der Waals surface area contributed by atoms with Gasteiger partial charge in [-0.05, 0) is 41.3 Å². The number of carbonyl (C=O) groups is 1. The molecule has 21 heavy (non-hydrogen) atoms. The second-order valence-electron chi connectivity index (χ2n) is 6.06. The van der Waals surface area contributed by atoms with Crippen LogP contribution in [0.25, 0.3) is 0 Å². The van der Waals surface area contributed by atoms with Crippen LogP contribution in [-0.2, 0) is 5.41 Å². The lowest BCUT2D eigenvalue weighted by Crippen LogP contribution is -2.14. The van der Waals surface area contributed by atoms with E-state index in [1.54, 1.807) is 18.2 Å². The number of phenols is 1. The molecule has 1 amide bonds. The zero-order valence-corrected chi connectivity index (χ0v) is 12.5. The second kappa shape index (κ2) is 5.48. The van der Waals surface area contributed by atoms with E-state index in [-0.39, 0.29) is 22.8 Å². The highest BCUT2D eigenvalue weighted by Crippen LogP contribution is 2.24. The fraction of sp³-hybridized carbons (Fsp3) is 0.235. The molecule has 0 fully saturated rings. The highest BCUT2D eigenvalue weighted by molar-refractivity contribution is 6.04. The average molecular weight is 284 g/mol. The molecular weight excluding hydrogens is 264 g/mol. The van der Waals surface area contributed by atoms with Crippen molar-refractivity contribution in [2.75, 3.05) is 11.1 Å². The highest BCUT2D eigenvalue weighted by Gasteiger charge is 2.14. The number of anilines is 2. The van der Waals surface area contributed by atoms with Gasteiger partial charge in [0.15, 0.2) is 0 Å². The summed E-state index contributed by atoms with van der Waals surface area (Å²) in [5.41, 5.74) is 8.19. The van der Waals surface area contributed by atoms with Gasteiger partial charge in [-0.3, -0.25) is 4.79 Å². The molecule has 0 aromatic heterocycles. The number of amides is 1. The topological polar surface area (TPSA) is 75.3 Å². The number of nitrogens with one attached hydrogen (secondary N) is 1. The molecule has 4 heteroatoms. The number of rotatable bonds is 2. The lowest BCUT2D eigenvalue weighted by molar-refractivity contribution is 0.102. The average Bonchev–Trinajstić information content (AvgIpc) is 2.42. The minimum Gasteiger partial charge on any atom is -0.506 e. The van der Waals surface area contributed by atoms with Gasteiger partial charge in [-0.2, -0.15) is 0 Å². The third-order valence-electron chi connectivity index (χ3n) is 3.30. The molecule has 2 rings (SSSR count). The highest BCUT2D eigenvalue weighted by atomic mass is 16.3. The molecule has 0 atom stereocenters. The second-order valence-corrected chi connectivity index (χ2v) is 6.06. The zero-order chi connectivity index (χ0) is 15.6. The summed E-state index contributed by atoms with van der Waals surface area (Å²) in [6.45, 7) is 6.38. The molecule has 0 bridgehead atoms. The molecule has 0 radical (unpaired) electrons. The number of benzene rings is 2. The van der Waals surface area contributed by atoms with Gasteiger partial charge in [0.1, 0.15) is 5.75 Å². The first-order valence-electron chi connectivity index (χ1n) is 6.78. The monoisotopic (exact) mass is 284 g/mol. The van der Waals surface area contributed by atoms with Crippen molar-refractivity contribution in [3.8, 4) is 5.75 Å². The number of aromatic hydroxyl groups is 1. The van der Waals surface area contributed by atoms with Crippen LogP contribution in [0.15, 0.2) is 42.5 Å². The van der Waals surface area contributed by atoms with Crippen molar-refractivity contribution in [1.82, 2.24) is 0 Å². The number of hydrogen-bond donors (Lipinski definition) is 3. The Kier molecular flexibility index (Phi) is 3.89.